The van der Waals surface area contributed by atoms with E-state index in [1.807, 2.05) is 6.08 Å². The highest BCUT2D eigenvalue weighted by molar-refractivity contribution is 5.30. The van der Waals surface area contributed by atoms with Crippen LogP contribution in [0.25, 0.3) is 0 Å². The Hall–Kier alpha value is -1.36. The molecule has 2 rings (SSSR count). The number of likely N-dealkylation sites (N-methyl/N-ethyl adjacent to an activating group) is 1. The highest BCUT2D eigenvalue weighted by Crippen LogP contribution is 2.25. The molecule has 0 unspecified atom stereocenters. The molecule has 0 aromatic carbocycles. The molecule has 1 heterocycles. The molecular weight excluding hydrogens is 216 g/mol. The molecule has 17 heavy (non-hydrogen) atoms. The molecule has 0 bridgehead atoms. The lowest BCUT2D eigenvalue weighted by Crippen LogP contribution is -2.45. The van der Waals surface area contributed by atoms with Crippen LogP contribution in [-0.2, 0) is 0 Å². The van der Waals surface area contributed by atoms with E-state index in [2.05, 4.69) is 21.9 Å². The van der Waals surface area contributed by atoms with E-state index in [1.54, 1.807) is 0 Å². The fourth-order valence-electron chi connectivity index (χ4n) is 2.42. The minimum Gasteiger partial charge on any atom is -0.397 e. The molecule has 0 spiro atoms. The Balaban J connectivity index is 2.01. The van der Waals surface area contributed by atoms with Gasteiger partial charge in [0.25, 0.3) is 0 Å². The SMILES string of the molecule is CCN1CCN(C2=CC(N)=C(N=O)CC2)CC1. The first kappa shape index (κ1) is 12.1. The van der Waals surface area contributed by atoms with E-state index in [0.717, 1.165) is 39.1 Å². The van der Waals surface area contributed by atoms with Gasteiger partial charge < -0.3 is 15.5 Å². The fourth-order valence-corrected chi connectivity index (χ4v) is 2.42. The van der Waals surface area contributed by atoms with Crippen LogP contribution in [0.4, 0.5) is 0 Å². The number of hydrogen-bond acceptors (Lipinski definition) is 5. The van der Waals surface area contributed by atoms with Crippen molar-refractivity contribution < 1.29 is 0 Å². The molecule has 2 N–H and O–H groups in total. The van der Waals surface area contributed by atoms with Gasteiger partial charge >= 0.3 is 0 Å². The Kier molecular flexibility index (Phi) is 3.78. The van der Waals surface area contributed by atoms with Crippen molar-refractivity contribution in [1.82, 2.24) is 9.80 Å². The number of nitroso groups, excluding NO2 is 1. The summed E-state index contributed by atoms with van der Waals surface area (Å²) in [6.45, 7) is 7.63. The summed E-state index contributed by atoms with van der Waals surface area (Å²) in [7, 11) is 0. The van der Waals surface area contributed by atoms with E-state index < -0.39 is 0 Å². The summed E-state index contributed by atoms with van der Waals surface area (Å²) in [5.41, 5.74) is 8.11. The molecule has 5 nitrogen and oxygen atoms in total. The third-order valence-corrected chi connectivity index (χ3v) is 3.61. The molecule has 1 saturated heterocycles. The molecule has 0 amide bonds. The zero-order valence-electron chi connectivity index (χ0n) is 10.4. The highest BCUT2D eigenvalue weighted by Gasteiger charge is 2.20. The van der Waals surface area contributed by atoms with Crippen LogP contribution in [0, 0.1) is 4.91 Å². The number of piperazine rings is 1. The molecule has 0 aromatic heterocycles. The Morgan fingerprint density at radius 2 is 2.00 bits per heavy atom. The first-order valence-corrected chi connectivity index (χ1v) is 6.24. The molecule has 0 atom stereocenters. The fraction of sp³-hybridized carbons (Fsp3) is 0.667. The van der Waals surface area contributed by atoms with Crippen LogP contribution in [0.15, 0.2) is 28.3 Å². The van der Waals surface area contributed by atoms with E-state index in [-0.39, 0.29) is 0 Å². The summed E-state index contributed by atoms with van der Waals surface area (Å²) in [5.74, 6) is 0. The van der Waals surface area contributed by atoms with Crippen molar-refractivity contribution in [3.8, 4) is 0 Å². The minimum atomic E-state index is 0.501. The van der Waals surface area contributed by atoms with Crippen molar-refractivity contribution in [3.63, 3.8) is 0 Å². The molecular formula is C12H20N4O. The van der Waals surface area contributed by atoms with Crippen LogP contribution in [0.1, 0.15) is 19.8 Å². The van der Waals surface area contributed by atoms with E-state index >= 15 is 0 Å². The number of nitrogens with two attached hydrogens (primary N) is 1. The Morgan fingerprint density at radius 1 is 1.29 bits per heavy atom. The van der Waals surface area contributed by atoms with E-state index in [4.69, 9.17) is 5.73 Å². The van der Waals surface area contributed by atoms with Gasteiger partial charge in [-0.3, -0.25) is 0 Å². The second kappa shape index (κ2) is 5.31. The summed E-state index contributed by atoms with van der Waals surface area (Å²) >= 11 is 0. The predicted molar refractivity (Wildman–Crippen MR) is 68.0 cm³/mol. The maximum absolute atomic E-state index is 10.5. The zero-order chi connectivity index (χ0) is 12.3. The van der Waals surface area contributed by atoms with Crippen LogP contribution in [-0.4, -0.2) is 42.5 Å². The lowest BCUT2D eigenvalue weighted by atomic mass is 10.0. The van der Waals surface area contributed by atoms with Crippen LogP contribution >= 0.6 is 0 Å². The molecule has 0 aromatic rings. The van der Waals surface area contributed by atoms with Gasteiger partial charge in [0.05, 0.1) is 5.70 Å². The number of hydrogen-bond donors (Lipinski definition) is 1. The summed E-state index contributed by atoms with van der Waals surface area (Å²) in [6, 6.07) is 0. The Bertz CT molecular complexity index is 354. The van der Waals surface area contributed by atoms with Gasteiger partial charge in [0.2, 0.25) is 0 Å². The Labute approximate surface area is 102 Å². The van der Waals surface area contributed by atoms with Crippen molar-refractivity contribution in [2.24, 2.45) is 10.9 Å². The van der Waals surface area contributed by atoms with Gasteiger partial charge in [0.1, 0.15) is 5.70 Å². The first-order chi connectivity index (χ1) is 8.24. The van der Waals surface area contributed by atoms with Gasteiger partial charge in [-0.15, -0.1) is 4.91 Å². The quantitative estimate of drug-likeness (QED) is 0.749. The van der Waals surface area contributed by atoms with Gasteiger partial charge in [-0.25, -0.2) is 0 Å². The topological polar surface area (TPSA) is 61.9 Å². The van der Waals surface area contributed by atoms with Gasteiger partial charge in [-0.1, -0.05) is 6.92 Å². The van der Waals surface area contributed by atoms with Crippen LogP contribution in [0.2, 0.25) is 0 Å². The maximum Gasteiger partial charge on any atom is 0.108 e. The first-order valence-electron chi connectivity index (χ1n) is 6.24. The molecule has 2 aliphatic rings. The van der Waals surface area contributed by atoms with Gasteiger partial charge in [-0.05, 0) is 24.2 Å². The van der Waals surface area contributed by atoms with Gasteiger partial charge in [0.15, 0.2) is 0 Å². The van der Waals surface area contributed by atoms with Crippen molar-refractivity contribution in [3.05, 3.63) is 28.1 Å². The summed E-state index contributed by atoms with van der Waals surface area (Å²) < 4.78 is 0. The van der Waals surface area contributed by atoms with Crippen molar-refractivity contribution in [2.45, 2.75) is 19.8 Å². The maximum atomic E-state index is 10.5. The summed E-state index contributed by atoms with van der Waals surface area (Å²) in [6.07, 6.45) is 3.48. The van der Waals surface area contributed by atoms with Crippen molar-refractivity contribution in [2.75, 3.05) is 32.7 Å². The van der Waals surface area contributed by atoms with Gasteiger partial charge in [-0.2, -0.15) is 0 Å². The number of allylic oxidation sites excluding steroid dienone is 3. The lowest BCUT2D eigenvalue weighted by Gasteiger charge is -2.37. The molecule has 0 radical (unpaired) electrons. The van der Waals surface area contributed by atoms with Crippen LogP contribution in [0.3, 0.4) is 0 Å². The smallest absolute Gasteiger partial charge is 0.108 e. The molecule has 94 valence electrons. The molecule has 1 fully saturated rings. The average Bonchev–Trinajstić information content (AvgIpc) is 2.39. The van der Waals surface area contributed by atoms with Crippen molar-refractivity contribution >= 4 is 0 Å². The monoisotopic (exact) mass is 236 g/mol. The molecule has 5 heteroatoms. The molecule has 1 aliphatic heterocycles. The van der Waals surface area contributed by atoms with E-state index in [0.29, 0.717) is 17.8 Å². The number of nitrogens with zero attached hydrogens (tertiary/aromatic N) is 3. The summed E-state index contributed by atoms with van der Waals surface area (Å²) in [5, 5.41) is 2.97. The summed E-state index contributed by atoms with van der Waals surface area (Å²) in [4.78, 5) is 15.3. The molecule has 1 aliphatic carbocycles. The van der Waals surface area contributed by atoms with Gasteiger partial charge in [0, 0.05) is 38.3 Å². The van der Waals surface area contributed by atoms with E-state index in [1.165, 1.54) is 5.70 Å². The Morgan fingerprint density at radius 3 is 2.53 bits per heavy atom. The standard InChI is InChI=1S/C12H20N4O/c1-2-15-5-7-16(8-6-15)10-3-4-12(14-17)11(13)9-10/h9H,2-8,13H2,1H3. The second-order valence-electron chi connectivity index (χ2n) is 4.55. The van der Waals surface area contributed by atoms with Crippen molar-refractivity contribution in [1.29, 1.82) is 0 Å². The second-order valence-corrected chi connectivity index (χ2v) is 4.55. The largest absolute Gasteiger partial charge is 0.397 e. The zero-order valence-corrected chi connectivity index (χ0v) is 10.4. The minimum absolute atomic E-state index is 0.501. The van der Waals surface area contributed by atoms with Crippen LogP contribution < -0.4 is 5.73 Å². The third-order valence-electron chi connectivity index (χ3n) is 3.61. The third kappa shape index (κ3) is 2.66. The average molecular weight is 236 g/mol. The number of rotatable bonds is 3. The lowest BCUT2D eigenvalue weighted by molar-refractivity contribution is 0.161. The predicted octanol–water partition coefficient (Wildman–Crippen LogP) is 1.24. The normalized spacial score (nSPS) is 22.6. The highest BCUT2D eigenvalue weighted by atomic mass is 16.3. The van der Waals surface area contributed by atoms with Crippen LogP contribution in [0.5, 0.6) is 0 Å². The molecule has 0 saturated carbocycles. The van der Waals surface area contributed by atoms with E-state index in [9.17, 15) is 4.91 Å².